The van der Waals surface area contributed by atoms with Crippen molar-refractivity contribution in [2.45, 2.75) is 31.3 Å². The van der Waals surface area contributed by atoms with Crippen molar-refractivity contribution >= 4 is 10.0 Å². The Hall–Kier alpha value is -1.11. The lowest BCUT2D eigenvalue weighted by Gasteiger charge is -2.57. The minimum Gasteiger partial charge on any atom is -0.492 e. The summed E-state index contributed by atoms with van der Waals surface area (Å²) < 4.78 is 31.3. The number of hydrogen-bond donors (Lipinski definition) is 1. The Kier molecular flexibility index (Phi) is 3.94. The number of para-hydroxylation sites is 1. The van der Waals surface area contributed by atoms with Crippen molar-refractivity contribution in [1.82, 2.24) is 9.62 Å². The van der Waals surface area contributed by atoms with Gasteiger partial charge in [0.2, 0.25) is 10.0 Å². The first-order valence-corrected chi connectivity index (χ1v) is 9.32. The summed E-state index contributed by atoms with van der Waals surface area (Å²) in [5.41, 5.74) is 1.21. The first-order valence-electron chi connectivity index (χ1n) is 7.43. The molecule has 0 aromatic heterocycles. The molecule has 116 valence electrons. The molecule has 6 heteroatoms. The fraction of sp³-hybridized carbons (Fsp3) is 0.600. The van der Waals surface area contributed by atoms with Crippen molar-refractivity contribution in [3.05, 3.63) is 29.8 Å². The molecule has 2 aliphatic rings. The molecule has 0 unspecified atom stereocenters. The minimum atomic E-state index is -3.16. The summed E-state index contributed by atoms with van der Waals surface area (Å²) in [5.74, 6) is 1.30. The van der Waals surface area contributed by atoms with Crippen LogP contribution in [0.4, 0.5) is 0 Å². The van der Waals surface area contributed by atoms with Crippen molar-refractivity contribution in [3.63, 3.8) is 0 Å². The van der Waals surface area contributed by atoms with Crippen LogP contribution in [0.2, 0.25) is 0 Å². The predicted molar refractivity (Wildman–Crippen MR) is 82.1 cm³/mol. The van der Waals surface area contributed by atoms with Crippen LogP contribution in [0.25, 0.3) is 0 Å². The monoisotopic (exact) mass is 310 g/mol. The van der Waals surface area contributed by atoms with Gasteiger partial charge in [0.05, 0.1) is 12.3 Å². The molecule has 3 rings (SSSR count). The largest absolute Gasteiger partial charge is 0.492 e. The maximum Gasteiger partial charge on any atom is 0.208 e. The molecule has 0 spiro atoms. The number of nitrogens with zero attached hydrogens (tertiary/aromatic N) is 1. The second-order valence-electron chi connectivity index (χ2n) is 5.87. The first kappa shape index (κ1) is 14.8. The normalized spacial score (nSPS) is 28.2. The van der Waals surface area contributed by atoms with E-state index in [-0.39, 0.29) is 6.04 Å². The second kappa shape index (κ2) is 5.59. The number of hydrogen-bond acceptors (Lipinski definition) is 4. The van der Waals surface area contributed by atoms with Crippen LogP contribution in [0.5, 0.6) is 5.75 Å². The highest BCUT2D eigenvalue weighted by molar-refractivity contribution is 7.88. The smallest absolute Gasteiger partial charge is 0.208 e. The number of benzene rings is 1. The maximum absolute atomic E-state index is 11.4. The van der Waals surface area contributed by atoms with Gasteiger partial charge in [-0.1, -0.05) is 25.1 Å². The Labute approximate surface area is 126 Å². The summed E-state index contributed by atoms with van der Waals surface area (Å²) in [5, 5.41) is 0. The molecule has 1 saturated heterocycles. The van der Waals surface area contributed by atoms with E-state index in [4.69, 9.17) is 4.74 Å². The summed E-state index contributed by atoms with van der Waals surface area (Å²) in [4.78, 5) is 2.37. The Bertz CT molecular complexity index is 617. The molecule has 1 fully saturated rings. The fourth-order valence-electron chi connectivity index (χ4n) is 3.56. The van der Waals surface area contributed by atoms with Crippen LogP contribution in [0.1, 0.15) is 24.8 Å². The van der Waals surface area contributed by atoms with Gasteiger partial charge >= 0.3 is 0 Å². The summed E-state index contributed by atoms with van der Waals surface area (Å²) in [6.45, 7) is 4.28. The molecule has 3 atom stereocenters. The van der Waals surface area contributed by atoms with Gasteiger partial charge in [-0.2, -0.15) is 0 Å². The zero-order valence-corrected chi connectivity index (χ0v) is 13.3. The van der Waals surface area contributed by atoms with Crippen molar-refractivity contribution in [1.29, 1.82) is 0 Å². The van der Waals surface area contributed by atoms with Crippen molar-refractivity contribution < 1.29 is 13.2 Å². The zero-order valence-electron chi connectivity index (χ0n) is 12.5. The molecule has 1 aromatic rings. The van der Waals surface area contributed by atoms with E-state index in [0.29, 0.717) is 25.1 Å². The van der Waals surface area contributed by atoms with Gasteiger partial charge in [-0.15, -0.1) is 0 Å². The molecule has 0 amide bonds. The van der Waals surface area contributed by atoms with Gasteiger partial charge in [-0.25, -0.2) is 13.1 Å². The average Bonchev–Trinajstić information content (AvgIpc) is 2.43. The number of fused-ring (bicyclic) bond motifs is 3. The Morgan fingerprint density at radius 2 is 2.14 bits per heavy atom. The maximum atomic E-state index is 11.4. The van der Waals surface area contributed by atoms with E-state index in [9.17, 15) is 8.42 Å². The highest BCUT2D eigenvalue weighted by atomic mass is 32.2. The van der Waals surface area contributed by atoms with Crippen LogP contribution in [0.3, 0.4) is 0 Å². The Morgan fingerprint density at radius 3 is 2.86 bits per heavy atom. The zero-order chi connectivity index (χ0) is 15.0. The molecular formula is C15H22N2O3S. The Balaban J connectivity index is 1.83. The van der Waals surface area contributed by atoms with Gasteiger partial charge in [0, 0.05) is 24.1 Å². The van der Waals surface area contributed by atoms with Crippen LogP contribution in [-0.4, -0.2) is 51.4 Å². The van der Waals surface area contributed by atoms with Gasteiger partial charge in [0.15, 0.2) is 0 Å². The van der Waals surface area contributed by atoms with E-state index in [1.54, 1.807) is 0 Å². The van der Waals surface area contributed by atoms with E-state index >= 15 is 0 Å². The standard InChI is InChI=1S/C15H22N2O3S/c1-3-8-17-12(9-16-21(2,18)19)15-11-6-4-5-7-14(11)20-10-13(15)17/h4-7,12-13,15-16H,3,8-10H2,1-2H3/t12-,13+,15+/m0/s1. The molecular weight excluding hydrogens is 288 g/mol. The molecule has 1 N–H and O–H groups in total. The van der Waals surface area contributed by atoms with Crippen molar-refractivity contribution in [2.75, 3.05) is 26.0 Å². The van der Waals surface area contributed by atoms with Crippen LogP contribution in [0.15, 0.2) is 24.3 Å². The third kappa shape index (κ3) is 2.80. The summed E-state index contributed by atoms with van der Waals surface area (Å²) >= 11 is 0. The molecule has 21 heavy (non-hydrogen) atoms. The third-order valence-electron chi connectivity index (χ3n) is 4.41. The lowest BCUT2D eigenvalue weighted by molar-refractivity contribution is -0.0476. The van der Waals surface area contributed by atoms with E-state index < -0.39 is 10.0 Å². The van der Waals surface area contributed by atoms with E-state index in [1.165, 1.54) is 11.8 Å². The van der Waals surface area contributed by atoms with Gasteiger partial charge in [0.25, 0.3) is 0 Å². The highest BCUT2D eigenvalue weighted by Gasteiger charge is 2.51. The van der Waals surface area contributed by atoms with Crippen LogP contribution in [0, 0.1) is 0 Å². The number of nitrogens with one attached hydrogen (secondary N) is 1. The highest BCUT2D eigenvalue weighted by Crippen LogP contribution is 2.46. The minimum absolute atomic E-state index is 0.217. The summed E-state index contributed by atoms with van der Waals surface area (Å²) in [7, 11) is -3.16. The Morgan fingerprint density at radius 1 is 1.38 bits per heavy atom. The molecule has 2 heterocycles. The molecule has 2 aliphatic heterocycles. The van der Waals surface area contributed by atoms with Gasteiger partial charge in [-0.05, 0) is 19.0 Å². The number of ether oxygens (including phenoxy) is 1. The molecule has 0 bridgehead atoms. The molecule has 5 nitrogen and oxygen atoms in total. The lowest BCUT2D eigenvalue weighted by atomic mass is 9.73. The van der Waals surface area contributed by atoms with Crippen molar-refractivity contribution in [2.24, 2.45) is 0 Å². The lowest BCUT2D eigenvalue weighted by Crippen LogP contribution is -2.68. The van der Waals surface area contributed by atoms with Crippen LogP contribution < -0.4 is 9.46 Å². The van der Waals surface area contributed by atoms with E-state index in [0.717, 1.165) is 18.7 Å². The van der Waals surface area contributed by atoms with Gasteiger partial charge in [0.1, 0.15) is 12.4 Å². The molecule has 1 aromatic carbocycles. The number of sulfonamides is 1. The summed E-state index contributed by atoms with van der Waals surface area (Å²) in [6.07, 6.45) is 2.27. The van der Waals surface area contributed by atoms with E-state index in [1.807, 2.05) is 18.2 Å². The summed E-state index contributed by atoms with van der Waals surface area (Å²) in [6, 6.07) is 8.68. The van der Waals surface area contributed by atoms with Crippen LogP contribution >= 0.6 is 0 Å². The fourth-order valence-corrected chi connectivity index (χ4v) is 4.03. The second-order valence-corrected chi connectivity index (χ2v) is 7.70. The van der Waals surface area contributed by atoms with E-state index in [2.05, 4.69) is 22.6 Å². The predicted octanol–water partition coefficient (Wildman–Crippen LogP) is 1.17. The molecule has 0 radical (unpaired) electrons. The third-order valence-corrected chi connectivity index (χ3v) is 5.10. The molecule has 0 aliphatic carbocycles. The van der Waals surface area contributed by atoms with Crippen molar-refractivity contribution in [3.8, 4) is 5.75 Å². The quantitative estimate of drug-likeness (QED) is 0.887. The number of rotatable bonds is 5. The average molecular weight is 310 g/mol. The first-order chi connectivity index (χ1) is 10.0. The van der Waals surface area contributed by atoms with Gasteiger partial charge < -0.3 is 4.74 Å². The SMILES string of the molecule is CCCN1[C@@H]2COc3ccccc3[C@@H]2[C@@H]1CNS(C)(=O)=O. The van der Waals surface area contributed by atoms with Gasteiger partial charge in [-0.3, -0.25) is 4.90 Å². The molecule has 0 saturated carbocycles. The topological polar surface area (TPSA) is 58.6 Å². The number of likely N-dealkylation sites (tertiary alicyclic amines) is 1. The van der Waals surface area contributed by atoms with Crippen LogP contribution in [-0.2, 0) is 10.0 Å².